The Morgan fingerprint density at radius 3 is 2.38 bits per heavy atom. The zero-order chi connectivity index (χ0) is 15.4. The average molecular weight is 294 g/mol. The summed E-state index contributed by atoms with van der Waals surface area (Å²) in [5.41, 5.74) is 0.0843. The number of ether oxygens (including phenoxy) is 1. The maximum absolute atomic E-state index is 13.5. The van der Waals surface area contributed by atoms with Crippen LogP contribution >= 0.6 is 0 Å². The van der Waals surface area contributed by atoms with Gasteiger partial charge in [-0.3, -0.25) is 0 Å². The van der Waals surface area contributed by atoms with E-state index in [1.165, 1.54) is 6.07 Å². The fourth-order valence-corrected chi connectivity index (χ4v) is 1.58. The largest absolute Gasteiger partial charge is 0.478 e. The lowest BCUT2D eigenvalue weighted by Crippen LogP contribution is -1.93. The summed E-state index contributed by atoms with van der Waals surface area (Å²) in [4.78, 5) is 10.5. The molecule has 6 heteroatoms. The molecule has 3 nitrogen and oxygen atoms in total. The Labute approximate surface area is 117 Å². The molecule has 0 amide bonds. The van der Waals surface area contributed by atoms with Gasteiger partial charge in [-0.1, -0.05) is 0 Å². The number of carboxylic acids is 1. The van der Waals surface area contributed by atoms with Gasteiger partial charge in [0.1, 0.15) is 17.4 Å². The molecule has 0 saturated carbocycles. The summed E-state index contributed by atoms with van der Waals surface area (Å²) in [6.07, 6.45) is 1.88. The molecule has 108 valence electrons. The Kier molecular flexibility index (Phi) is 4.27. The lowest BCUT2D eigenvalue weighted by molar-refractivity contribution is -0.131. The zero-order valence-electron chi connectivity index (χ0n) is 10.5. The first-order valence-electron chi connectivity index (χ1n) is 5.79. The van der Waals surface area contributed by atoms with E-state index in [0.29, 0.717) is 0 Å². The molecule has 21 heavy (non-hydrogen) atoms. The summed E-state index contributed by atoms with van der Waals surface area (Å²) in [7, 11) is 0. The Hall–Kier alpha value is -2.76. The molecule has 0 aliphatic heterocycles. The molecule has 0 bridgehead atoms. The highest BCUT2D eigenvalue weighted by Crippen LogP contribution is 2.29. The van der Waals surface area contributed by atoms with E-state index < -0.39 is 23.4 Å². The molecule has 0 fully saturated rings. The molecule has 0 radical (unpaired) electrons. The lowest BCUT2D eigenvalue weighted by atomic mass is 10.1. The van der Waals surface area contributed by atoms with Crippen molar-refractivity contribution in [3.63, 3.8) is 0 Å². The second-order valence-electron chi connectivity index (χ2n) is 4.03. The van der Waals surface area contributed by atoms with Gasteiger partial charge in [0, 0.05) is 17.7 Å². The normalized spacial score (nSPS) is 10.8. The molecular weight excluding hydrogens is 285 g/mol. The van der Waals surface area contributed by atoms with Crippen LogP contribution in [0, 0.1) is 17.5 Å². The summed E-state index contributed by atoms with van der Waals surface area (Å²) in [6.45, 7) is 0. The standard InChI is InChI=1S/C15H9F3O3/c16-10-3-5-13(9(7-10)1-6-15(19)20)21-14-8-11(17)2-4-12(14)18/h1-8H,(H,19,20). The first-order chi connectivity index (χ1) is 9.95. The molecule has 1 N–H and O–H groups in total. The van der Waals surface area contributed by atoms with Crippen LogP contribution in [0.3, 0.4) is 0 Å². The van der Waals surface area contributed by atoms with Gasteiger partial charge in [0.25, 0.3) is 0 Å². The van der Waals surface area contributed by atoms with Crippen LogP contribution in [0.1, 0.15) is 5.56 Å². The predicted molar refractivity (Wildman–Crippen MR) is 69.5 cm³/mol. The van der Waals surface area contributed by atoms with Gasteiger partial charge in [0.15, 0.2) is 11.6 Å². The van der Waals surface area contributed by atoms with E-state index in [1.807, 2.05) is 0 Å². The topological polar surface area (TPSA) is 46.5 Å². The predicted octanol–water partition coefficient (Wildman–Crippen LogP) is 3.99. The van der Waals surface area contributed by atoms with Crippen LogP contribution in [-0.4, -0.2) is 11.1 Å². The van der Waals surface area contributed by atoms with E-state index in [2.05, 4.69) is 0 Å². The molecule has 2 aromatic rings. The SMILES string of the molecule is O=C(O)C=Cc1cc(F)ccc1Oc1cc(F)ccc1F. The highest BCUT2D eigenvalue weighted by atomic mass is 19.1. The summed E-state index contributed by atoms with van der Waals surface area (Å²) in [5.74, 6) is -3.73. The number of aliphatic carboxylic acids is 1. The van der Waals surface area contributed by atoms with Crippen molar-refractivity contribution >= 4 is 12.0 Å². The molecule has 2 rings (SSSR count). The highest BCUT2D eigenvalue weighted by molar-refractivity contribution is 5.85. The summed E-state index contributed by atoms with van der Waals surface area (Å²) < 4.78 is 44.9. The number of hydrogen-bond acceptors (Lipinski definition) is 2. The van der Waals surface area contributed by atoms with Crippen molar-refractivity contribution in [2.24, 2.45) is 0 Å². The minimum Gasteiger partial charge on any atom is -0.478 e. The van der Waals surface area contributed by atoms with E-state index in [9.17, 15) is 18.0 Å². The van der Waals surface area contributed by atoms with Crippen molar-refractivity contribution in [1.82, 2.24) is 0 Å². The van der Waals surface area contributed by atoms with Crippen LogP contribution in [0.5, 0.6) is 11.5 Å². The van der Waals surface area contributed by atoms with Gasteiger partial charge in [0.05, 0.1) is 0 Å². The fourth-order valence-electron chi connectivity index (χ4n) is 1.58. The van der Waals surface area contributed by atoms with Crippen LogP contribution < -0.4 is 4.74 Å². The summed E-state index contributed by atoms with van der Waals surface area (Å²) in [5, 5.41) is 8.57. The molecule has 0 unspecified atom stereocenters. The molecule has 2 aromatic carbocycles. The van der Waals surface area contributed by atoms with Crippen molar-refractivity contribution in [2.75, 3.05) is 0 Å². The Bertz CT molecular complexity index is 711. The maximum Gasteiger partial charge on any atom is 0.328 e. The van der Waals surface area contributed by atoms with E-state index in [-0.39, 0.29) is 17.1 Å². The molecule has 0 aliphatic rings. The van der Waals surface area contributed by atoms with Gasteiger partial charge in [-0.05, 0) is 36.4 Å². The molecule has 0 atom stereocenters. The molecular formula is C15H9F3O3. The first-order valence-corrected chi connectivity index (χ1v) is 5.79. The summed E-state index contributed by atoms with van der Waals surface area (Å²) in [6, 6.07) is 5.93. The lowest BCUT2D eigenvalue weighted by Gasteiger charge is -2.10. The molecule has 0 saturated heterocycles. The number of halogens is 3. The third-order valence-corrected chi connectivity index (χ3v) is 2.49. The van der Waals surface area contributed by atoms with Gasteiger partial charge >= 0.3 is 5.97 Å². The van der Waals surface area contributed by atoms with E-state index in [4.69, 9.17) is 9.84 Å². The highest BCUT2D eigenvalue weighted by Gasteiger charge is 2.10. The molecule has 0 spiro atoms. The van der Waals surface area contributed by atoms with E-state index >= 15 is 0 Å². The van der Waals surface area contributed by atoms with Crippen LogP contribution in [0.2, 0.25) is 0 Å². The smallest absolute Gasteiger partial charge is 0.328 e. The second-order valence-corrected chi connectivity index (χ2v) is 4.03. The molecule has 0 aromatic heterocycles. The number of rotatable bonds is 4. The molecule has 0 heterocycles. The minimum absolute atomic E-state index is 0.00148. The average Bonchev–Trinajstić information content (AvgIpc) is 2.43. The molecule has 0 aliphatic carbocycles. The fraction of sp³-hybridized carbons (Fsp3) is 0. The van der Waals surface area contributed by atoms with Crippen molar-refractivity contribution in [3.8, 4) is 11.5 Å². The van der Waals surface area contributed by atoms with E-state index in [1.54, 1.807) is 0 Å². The van der Waals surface area contributed by atoms with Gasteiger partial charge in [-0.25, -0.2) is 18.0 Å². The Morgan fingerprint density at radius 1 is 1.00 bits per heavy atom. The van der Waals surface area contributed by atoms with E-state index in [0.717, 1.165) is 42.5 Å². The third-order valence-electron chi connectivity index (χ3n) is 2.49. The third kappa shape index (κ3) is 3.85. The van der Waals surface area contributed by atoms with Gasteiger partial charge in [-0.15, -0.1) is 0 Å². The zero-order valence-corrected chi connectivity index (χ0v) is 10.5. The van der Waals surface area contributed by atoms with Crippen LogP contribution in [-0.2, 0) is 4.79 Å². The number of hydrogen-bond donors (Lipinski definition) is 1. The van der Waals surface area contributed by atoms with Gasteiger partial charge < -0.3 is 9.84 Å². The first kappa shape index (κ1) is 14.6. The van der Waals surface area contributed by atoms with Crippen LogP contribution in [0.15, 0.2) is 42.5 Å². The van der Waals surface area contributed by atoms with Crippen molar-refractivity contribution in [2.45, 2.75) is 0 Å². The summed E-state index contributed by atoms with van der Waals surface area (Å²) >= 11 is 0. The number of benzene rings is 2. The Morgan fingerprint density at radius 2 is 1.67 bits per heavy atom. The Balaban J connectivity index is 2.39. The minimum atomic E-state index is -1.23. The van der Waals surface area contributed by atoms with Gasteiger partial charge in [-0.2, -0.15) is 0 Å². The van der Waals surface area contributed by atoms with Crippen molar-refractivity contribution < 1.29 is 27.8 Å². The van der Waals surface area contributed by atoms with Crippen molar-refractivity contribution in [1.29, 1.82) is 0 Å². The number of carbonyl (C=O) groups is 1. The van der Waals surface area contributed by atoms with Crippen LogP contribution in [0.25, 0.3) is 6.08 Å². The number of carboxylic acid groups (broad SMARTS) is 1. The quantitative estimate of drug-likeness (QED) is 0.867. The maximum atomic E-state index is 13.5. The second kappa shape index (κ2) is 6.13. The van der Waals surface area contributed by atoms with Crippen molar-refractivity contribution in [3.05, 3.63) is 65.5 Å². The monoisotopic (exact) mass is 294 g/mol. The van der Waals surface area contributed by atoms with Gasteiger partial charge in [0.2, 0.25) is 0 Å². The van der Waals surface area contributed by atoms with Crippen LogP contribution in [0.4, 0.5) is 13.2 Å².